The van der Waals surface area contributed by atoms with Gasteiger partial charge in [-0.1, -0.05) is 36.0 Å². The van der Waals surface area contributed by atoms with Crippen LogP contribution in [0.5, 0.6) is 5.75 Å². The molecule has 1 N–H and O–H groups in total. The first-order valence-electron chi connectivity index (χ1n) is 9.71. The minimum absolute atomic E-state index is 0.0728. The van der Waals surface area contributed by atoms with E-state index in [9.17, 15) is 14.9 Å². The predicted octanol–water partition coefficient (Wildman–Crippen LogP) is 4.39. The van der Waals surface area contributed by atoms with Crippen molar-refractivity contribution in [1.82, 2.24) is 14.8 Å². The highest BCUT2D eigenvalue weighted by molar-refractivity contribution is 7.99. The van der Waals surface area contributed by atoms with Gasteiger partial charge in [0.2, 0.25) is 5.91 Å². The van der Waals surface area contributed by atoms with Crippen molar-refractivity contribution in [2.24, 2.45) is 0 Å². The number of para-hydroxylation sites is 1. The number of amides is 1. The molecule has 0 fully saturated rings. The van der Waals surface area contributed by atoms with Gasteiger partial charge in [0.15, 0.2) is 17.1 Å². The van der Waals surface area contributed by atoms with Crippen LogP contribution < -0.4 is 10.1 Å². The van der Waals surface area contributed by atoms with Crippen molar-refractivity contribution in [3.05, 3.63) is 70.0 Å². The molecule has 3 aromatic rings. The van der Waals surface area contributed by atoms with Crippen molar-refractivity contribution in [2.45, 2.75) is 38.6 Å². The Labute approximate surface area is 184 Å². The van der Waals surface area contributed by atoms with E-state index < -0.39 is 4.92 Å². The molecule has 2 aromatic carbocycles. The van der Waals surface area contributed by atoms with E-state index in [1.54, 1.807) is 13.0 Å². The minimum Gasteiger partial charge on any atom is -0.483 e. The lowest BCUT2D eigenvalue weighted by Gasteiger charge is -2.15. The molecular formula is C21H23N5O4S. The van der Waals surface area contributed by atoms with E-state index in [1.165, 1.54) is 23.9 Å². The topological polar surface area (TPSA) is 112 Å². The molecule has 10 heteroatoms. The average Bonchev–Trinajstić information content (AvgIpc) is 3.17. The second-order valence-corrected chi connectivity index (χ2v) is 7.69. The second kappa shape index (κ2) is 10.1. The average molecular weight is 442 g/mol. The van der Waals surface area contributed by atoms with E-state index in [0.717, 1.165) is 11.3 Å². The number of nitro groups is 1. The molecule has 0 saturated heterocycles. The summed E-state index contributed by atoms with van der Waals surface area (Å²) in [6.45, 7) is 6.27. The quantitative estimate of drug-likeness (QED) is 0.298. The first kappa shape index (κ1) is 22.3. The summed E-state index contributed by atoms with van der Waals surface area (Å²) in [7, 11) is 0. The lowest BCUT2D eigenvalue weighted by atomic mass is 10.2. The number of nitrogens with one attached hydrogen (secondary N) is 1. The van der Waals surface area contributed by atoms with E-state index in [2.05, 4.69) is 15.5 Å². The summed E-state index contributed by atoms with van der Waals surface area (Å²) in [5.41, 5.74) is 1.09. The van der Waals surface area contributed by atoms with Crippen molar-refractivity contribution in [2.75, 3.05) is 11.1 Å². The number of thioether (sulfide) groups is 1. The Kier molecular flexibility index (Phi) is 7.24. The summed E-state index contributed by atoms with van der Waals surface area (Å²) in [6.07, 6.45) is -0.314. The zero-order chi connectivity index (χ0) is 22.4. The van der Waals surface area contributed by atoms with E-state index in [1.807, 2.05) is 48.7 Å². The molecular weight excluding hydrogens is 418 g/mol. The van der Waals surface area contributed by atoms with Crippen molar-refractivity contribution >= 4 is 29.0 Å². The molecule has 1 atom stereocenters. The van der Waals surface area contributed by atoms with E-state index in [0.29, 0.717) is 23.2 Å². The molecule has 0 radical (unpaired) electrons. The lowest BCUT2D eigenvalue weighted by molar-refractivity contribution is -0.384. The van der Waals surface area contributed by atoms with Gasteiger partial charge in [-0.2, -0.15) is 0 Å². The zero-order valence-electron chi connectivity index (χ0n) is 17.4. The molecule has 162 valence electrons. The third-order valence-electron chi connectivity index (χ3n) is 4.52. The number of ether oxygens (including phenoxy) is 1. The van der Waals surface area contributed by atoms with Crippen LogP contribution >= 0.6 is 11.8 Å². The number of anilines is 1. The Morgan fingerprint density at radius 1 is 1.26 bits per heavy atom. The fourth-order valence-electron chi connectivity index (χ4n) is 2.94. The Morgan fingerprint density at radius 2 is 2.00 bits per heavy atom. The SMILES string of the molecule is CCn1c(SCC(=O)Nc2cc([N+](=O)[O-])ccc2C)nnc1[C@@H](C)Oc1ccccc1. The fourth-order valence-corrected chi connectivity index (χ4v) is 3.74. The van der Waals surface area contributed by atoms with Gasteiger partial charge < -0.3 is 14.6 Å². The molecule has 0 aliphatic rings. The number of carbonyl (C=O) groups excluding carboxylic acids is 1. The monoisotopic (exact) mass is 441 g/mol. The van der Waals surface area contributed by atoms with Gasteiger partial charge in [-0.3, -0.25) is 14.9 Å². The number of carbonyl (C=O) groups is 1. The standard InChI is InChI=1S/C21H23N5O4S/c1-4-25-20(15(3)30-17-8-6-5-7-9-17)23-24-21(25)31-13-19(27)22-18-12-16(26(28)29)11-10-14(18)2/h5-12,15H,4,13H2,1-3H3,(H,22,27)/t15-/m1/s1. The first-order valence-corrected chi connectivity index (χ1v) is 10.7. The molecule has 1 heterocycles. The minimum atomic E-state index is -0.492. The summed E-state index contributed by atoms with van der Waals surface area (Å²) in [5.74, 6) is 1.22. The molecule has 0 aliphatic heterocycles. The van der Waals surface area contributed by atoms with Crippen LogP contribution in [-0.4, -0.2) is 31.3 Å². The van der Waals surface area contributed by atoms with Gasteiger partial charge in [-0.25, -0.2) is 0 Å². The third kappa shape index (κ3) is 5.60. The maximum atomic E-state index is 12.4. The molecule has 0 unspecified atom stereocenters. The number of non-ortho nitro benzene ring substituents is 1. The van der Waals surface area contributed by atoms with E-state index in [-0.39, 0.29) is 23.5 Å². The van der Waals surface area contributed by atoms with Gasteiger partial charge >= 0.3 is 0 Å². The van der Waals surface area contributed by atoms with Crippen LogP contribution in [0.15, 0.2) is 53.7 Å². The Morgan fingerprint density at radius 3 is 2.68 bits per heavy atom. The highest BCUT2D eigenvalue weighted by Crippen LogP contribution is 2.25. The molecule has 0 spiro atoms. The van der Waals surface area contributed by atoms with E-state index in [4.69, 9.17) is 4.74 Å². The Balaban J connectivity index is 1.65. The summed E-state index contributed by atoms with van der Waals surface area (Å²) >= 11 is 1.25. The van der Waals surface area contributed by atoms with Gasteiger partial charge in [0, 0.05) is 18.7 Å². The van der Waals surface area contributed by atoms with Crippen LogP contribution in [0.4, 0.5) is 11.4 Å². The molecule has 3 rings (SSSR count). The molecule has 0 bridgehead atoms. The van der Waals surface area contributed by atoms with Crippen LogP contribution in [0.2, 0.25) is 0 Å². The number of hydrogen-bond acceptors (Lipinski definition) is 7. The molecule has 1 aromatic heterocycles. The van der Waals surface area contributed by atoms with Crippen molar-refractivity contribution in [3.63, 3.8) is 0 Å². The summed E-state index contributed by atoms with van der Waals surface area (Å²) in [6, 6.07) is 13.8. The Bertz CT molecular complexity index is 1070. The molecule has 1 amide bonds. The highest BCUT2D eigenvalue weighted by atomic mass is 32.2. The van der Waals surface area contributed by atoms with Crippen LogP contribution in [0.3, 0.4) is 0 Å². The van der Waals surface area contributed by atoms with Gasteiger partial charge in [-0.05, 0) is 38.5 Å². The number of rotatable bonds is 9. The fraction of sp³-hybridized carbons (Fsp3) is 0.286. The molecule has 31 heavy (non-hydrogen) atoms. The number of aryl methyl sites for hydroxylation is 1. The van der Waals surface area contributed by atoms with Gasteiger partial charge in [0.25, 0.3) is 5.69 Å². The summed E-state index contributed by atoms with van der Waals surface area (Å²) < 4.78 is 7.84. The second-order valence-electron chi connectivity index (χ2n) is 6.75. The van der Waals surface area contributed by atoms with Crippen LogP contribution in [0.1, 0.15) is 31.3 Å². The molecule has 0 saturated carbocycles. The van der Waals surface area contributed by atoms with Crippen molar-refractivity contribution in [1.29, 1.82) is 0 Å². The van der Waals surface area contributed by atoms with E-state index >= 15 is 0 Å². The largest absolute Gasteiger partial charge is 0.483 e. The third-order valence-corrected chi connectivity index (χ3v) is 5.49. The van der Waals surface area contributed by atoms with Crippen LogP contribution in [0.25, 0.3) is 0 Å². The number of nitro benzene ring substituents is 1. The first-order chi connectivity index (χ1) is 14.9. The predicted molar refractivity (Wildman–Crippen MR) is 118 cm³/mol. The number of benzene rings is 2. The maximum Gasteiger partial charge on any atom is 0.271 e. The van der Waals surface area contributed by atoms with Crippen molar-refractivity contribution in [3.8, 4) is 5.75 Å². The van der Waals surface area contributed by atoms with Crippen LogP contribution in [0, 0.1) is 17.0 Å². The summed E-state index contributed by atoms with van der Waals surface area (Å²) in [4.78, 5) is 22.9. The van der Waals surface area contributed by atoms with Gasteiger partial charge in [0.05, 0.1) is 16.4 Å². The normalized spacial score (nSPS) is 11.7. The maximum absolute atomic E-state index is 12.4. The molecule has 0 aliphatic carbocycles. The van der Waals surface area contributed by atoms with Crippen molar-refractivity contribution < 1.29 is 14.5 Å². The molecule has 9 nitrogen and oxygen atoms in total. The number of nitrogens with zero attached hydrogens (tertiary/aromatic N) is 4. The number of hydrogen-bond donors (Lipinski definition) is 1. The lowest BCUT2D eigenvalue weighted by Crippen LogP contribution is -2.16. The Hall–Kier alpha value is -3.40. The zero-order valence-corrected chi connectivity index (χ0v) is 18.3. The highest BCUT2D eigenvalue weighted by Gasteiger charge is 2.20. The smallest absolute Gasteiger partial charge is 0.271 e. The van der Waals surface area contributed by atoms with Gasteiger partial charge in [-0.15, -0.1) is 10.2 Å². The summed E-state index contributed by atoms with van der Waals surface area (Å²) in [5, 5.41) is 22.8. The van der Waals surface area contributed by atoms with Crippen LogP contribution in [-0.2, 0) is 11.3 Å². The number of aromatic nitrogens is 3. The van der Waals surface area contributed by atoms with Gasteiger partial charge in [0.1, 0.15) is 5.75 Å².